The molecule has 0 aliphatic carbocycles. The van der Waals surface area contributed by atoms with Crippen molar-refractivity contribution in [2.75, 3.05) is 36.1 Å². The smallest absolute Gasteiger partial charge is 0.303 e. The van der Waals surface area contributed by atoms with Gasteiger partial charge in [-0.3, -0.25) is 9.59 Å². The van der Waals surface area contributed by atoms with Crippen molar-refractivity contribution >= 4 is 52.8 Å². The van der Waals surface area contributed by atoms with E-state index in [-0.39, 0.29) is 36.2 Å². The summed E-state index contributed by atoms with van der Waals surface area (Å²) in [4.78, 5) is 35.8. The number of unbranched alkanes of at least 4 members (excludes halogenated alkanes) is 1. The maximum atomic E-state index is 9.90. The van der Waals surface area contributed by atoms with E-state index in [0.717, 1.165) is 43.3 Å². The van der Waals surface area contributed by atoms with Crippen LogP contribution in [0.4, 0.5) is 17.5 Å². The number of rotatable bonds is 8. The van der Waals surface area contributed by atoms with Gasteiger partial charge in [0.15, 0.2) is 5.82 Å². The number of hydrogen-bond donors (Lipinski definition) is 5. The van der Waals surface area contributed by atoms with E-state index < -0.39 is 11.9 Å². The Morgan fingerprint density at radius 1 is 1.16 bits per heavy atom. The molecule has 2 atom stereocenters. The molecule has 14 heteroatoms. The lowest BCUT2D eigenvalue weighted by Crippen LogP contribution is -2.50. The van der Waals surface area contributed by atoms with Crippen LogP contribution in [0.15, 0.2) is 28.4 Å². The van der Waals surface area contributed by atoms with E-state index in [1.54, 1.807) is 18.5 Å². The van der Waals surface area contributed by atoms with Crippen LogP contribution in [0, 0.1) is 5.41 Å². The summed E-state index contributed by atoms with van der Waals surface area (Å²) in [6.45, 7) is 4.51. The van der Waals surface area contributed by atoms with Crippen molar-refractivity contribution < 1.29 is 24.5 Å². The van der Waals surface area contributed by atoms with Crippen molar-refractivity contribution in [2.24, 2.45) is 11.1 Å². The van der Waals surface area contributed by atoms with Crippen LogP contribution in [0.3, 0.4) is 0 Å². The number of carboxylic acids is 2. The van der Waals surface area contributed by atoms with Gasteiger partial charge in [0, 0.05) is 48.5 Å². The summed E-state index contributed by atoms with van der Waals surface area (Å²) in [7, 11) is 0. The third kappa shape index (κ3) is 7.59. The molecule has 2 fully saturated rings. The van der Waals surface area contributed by atoms with Crippen LogP contribution < -0.4 is 22.1 Å². The average molecular weight is 568 g/mol. The van der Waals surface area contributed by atoms with Gasteiger partial charge < -0.3 is 37.1 Å². The Morgan fingerprint density at radius 3 is 2.32 bits per heavy atom. The highest BCUT2D eigenvalue weighted by Gasteiger charge is 2.47. The fourth-order valence-corrected chi connectivity index (χ4v) is 5.46. The molecule has 4 rings (SSSR count). The highest BCUT2D eigenvalue weighted by atomic mass is 35.5. The molecule has 0 saturated carbocycles. The molecule has 4 heterocycles. The van der Waals surface area contributed by atoms with Crippen molar-refractivity contribution in [3.8, 4) is 0 Å². The van der Waals surface area contributed by atoms with Gasteiger partial charge in [-0.15, -0.1) is 0 Å². The molecule has 0 radical (unpaired) electrons. The number of piperidine rings is 1. The van der Waals surface area contributed by atoms with Gasteiger partial charge in [0.1, 0.15) is 16.7 Å². The van der Waals surface area contributed by atoms with Crippen LogP contribution in [0.1, 0.15) is 45.4 Å². The maximum Gasteiger partial charge on any atom is 0.303 e. The zero-order chi connectivity index (χ0) is 27.9. The van der Waals surface area contributed by atoms with E-state index in [2.05, 4.69) is 26.8 Å². The minimum Gasteiger partial charge on any atom is -0.481 e. The second-order valence-electron chi connectivity index (χ2n) is 9.41. The van der Waals surface area contributed by atoms with E-state index in [1.807, 2.05) is 0 Å². The number of nitrogens with two attached hydrogens (primary N) is 3. The summed E-state index contributed by atoms with van der Waals surface area (Å²) in [6.07, 6.45) is 6.44. The van der Waals surface area contributed by atoms with Gasteiger partial charge in [-0.2, -0.15) is 0 Å². The summed E-state index contributed by atoms with van der Waals surface area (Å²) in [6, 6.07) is 1.86. The molecule has 12 nitrogen and oxygen atoms in total. The number of aliphatic carboxylic acids is 2. The Hall–Kier alpha value is -2.87. The zero-order valence-corrected chi connectivity index (χ0v) is 22.7. The Balaban J connectivity index is 0.000000342. The van der Waals surface area contributed by atoms with E-state index in [1.165, 1.54) is 11.8 Å². The number of carbonyl (C=O) groups is 2. The molecule has 1 spiro atoms. The van der Waals surface area contributed by atoms with Crippen LogP contribution in [-0.2, 0) is 14.3 Å². The van der Waals surface area contributed by atoms with Gasteiger partial charge in [-0.05, 0) is 38.7 Å². The maximum absolute atomic E-state index is 9.90. The SMILES string of the molecule is C[C@@H]1OCC2(CCN(c3cnc(Sc4ccnc(N)c4Cl)c(N)n3)CC2)[C@@H]1N.O=C(O)CCCCC(=O)O. The molecule has 2 saturated heterocycles. The number of hydrogen-bond acceptors (Lipinski definition) is 11. The Morgan fingerprint density at radius 2 is 1.79 bits per heavy atom. The number of halogens is 1. The summed E-state index contributed by atoms with van der Waals surface area (Å²) in [5.74, 6) is -0.322. The predicted molar refractivity (Wildman–Crippen MR) is 145 cm³/mol. The lowest BCUT2D eigenvalue weighted by Gasteiger charge is -2.41. The van der Waals surface area contributed by atoms with E-state index in [9.17, 15) is 9.59 Å². The molecule has 2 aliphatic rings. The van der Waals surface area contributed by atoms with Gasteiger partial charge >= 0.3 is 11.9 Å². The van der Waals surface area contributed by atoms with E-state index in [0.29, 0.717) is 28.7 Å². The molecule has 208 valence electrons. The molecule has 2 aliphatic heterocycles. The molecular weight excluding hydrogens is 534 g/mol. The number of pyridine rings is 1. The first-order chi connectivity index (χ1) is 18.0. The second kappa shape index (κ2) is 13.3. The number of nitrogens with zero attached hydrogens (tertiary/aromatic N) is 4. The highest BCUT2D eigenvalue weighted by molar-refractivity contribution is 7.99. The van der Waals surface area contributed by atoms with Crippen molar-refractivity contribution in [1.29, 1.82) is 0 Å². The largest absolute Gasteiger partial charge is 0.481 e. The van der Waals surface area contributed by atoms with E-state index >= 15 is 0 Å². The molecule has 0 unspecified atom stereocenters. The first kappa shape index (κ1) is 29.7. The normalized spacial score (nSPS) is 20.1. The second-order valence-corrected chi connectivity index (χ2v) is 10.8. The standard InChI is InChI=1S/C18H24ClN7OS.C6H10O4/c1-10-14(20)18(9-27-10)3-6-26(7-4-18)12-8-24-17(16(22)25-12)28-11-2-5-23-15(21)13(11)19;7-5(8)3-1-2-4-6(9)10/h2,5,8,10,14H,3-4,6-7,9,20H2,1H3,(H2,21,23)(H2,22,25);1-4H2,(H,7,8)(H,9,10)/t10-,14+;/m0./s1. The van der Waals surface area contributed by atoms with Gasteiger partial charge in [-0.1, -0.05) is 23.4 Å². The zero-order valence-electron chi connectivity index (χ0n) is 21.2. The van der Waals surface area contributed by atoms with Crippen molar-refractivity contribution in [2.45, 2.75) is 67.5 Å². The quantitative estimate of drug-likeness (QED) is 0.291. The molecule has 2 aromatic heterocycles. The Kier molecular flexibility index (Phi) is 10.4. The summed E-state index contributed by atoms with van der Waals surface area (Å²) < 4.78 is 5.79. The Labute approximate surface area is 230 Å². The number of nitrogen functional groups attached to an aromatic ring is 2. The van der Waals surface area contributed by atoms with Gasteiger partial charge in [0.05, 0.1) is 23.9 Å². The third-order valence-corrected chi connectivity index (χ3v) is 8.38. The fraction of sp³-hybridized carbons (Fsp3) is 0.542. The molecule has 0 aromatic carbocycles. The minimum atomic E-state index is -0.870. The number of ether oxygens (including phenoxy) is 1. The molecule has 2 aromatic rings. The van der Waals surface area contributed by atoms with Crippen molar-refractivity contribution in [3.05, 3.63) is 23.5 Å². The molecule has 0 bridgehead atoms. The van der Waals surface area contributed by atoms with Crippen LogP contribution in [-0.4, -0.2) is 68.9 Å². The number of carboxylic acid groups (broad SMARTS) is 2. The topological polar surface area (TPSA) is 204 Å². The summed E-state index contributed by atoms with van der Waals surface area (Å²) >= 11 is 7.53. The fourth-order valence-electron chi connectivity index (χ4n) is 4.44. The molecular formula is C24H34ClN7O5S. The lowest BCUT2D eigenvalue weighted by molar-refractivity contribution is -0.139. The van der Waals surface area contributed by atoms with Crippen LogP contribution >= 0.6 is 23.4 Å². The molecule has 8 N–H and O–H groups in total. The van der Waals surface area contributed by atoms with Crippen LogP contribution in [0.25, 0.3) is 0 Å². The first-order valence-corrected chi connectivity index (χ1v) is 13.5. The lowest BCUT2D eigenvalue weighted by atomic mass is 9.73. The van der Waals surface area contributed by atoms with Gasteiger partial charge in [0.25, 0.3) is 0 Å². The summed E-state index contributed by atoms with van der Waals surface area (Å²) in [5, 5.41) is 17.2. The monoisotopic (exact) mass is 567 g/mol. The minimum absolute atomic E-state index is 0.0628. The van der Waals surface area contributed by atoms with Crippen LogP contribution in [0.5, 0.6) is 0 Å². The van der Waals surface area contributed by atoms with Gasteiger partial charge in [-0.25, -0.2) is 15.0 Å². The third-order valence-electron chi connectivity index (χ3n) is 6.80. The van der Waals surface area contributed by atoms with Crippen molar-refractivity contribution in [3.63, 3.8) is 0 Å². The van der Waals surface area contributed by atoms with Gasteiger partial charge in [0.2, 0.25) is 0 Å². The molecule has 0 amide bonds. The average Bonchev–Trinajstić information content (AvgIpc) is 3.15. The number of anilines is 3. The van der Waals surface area contributed by atoms with Crippen molar-refractivity contribution in [1.82, 2.24) is 15.0 Å². The highest BCUT2D eigenvalue weighted by Crippen LogP contribution is 2.42. The first-order valence-electron chi connectivity index (χ1n) is 12.3. The molecule has 38 heavy (non-hydrogen) atoms. The van der Waals surface area contributed by atoms with Crippen LogP contribution in [0.2, 0.25) is 5.02 Å². The van der Waals surface area contributed by atoms with E-state index in [4.69, 9.17) is 43.8 Å². The number of aromatic nitrogens is 3. The predicted octanol–water partition coefficient (Wildman–Crippen LogP) is 2.89. The summed E-state index contributed by atoms with van der Waals surface area (Å²) in [5.41, 5.74) is 18.4. The Bertz CT molecular complexity index is 1120.